The van der Waals surface area contributed by atoms with Crippen LogP contribution in [0.25, 0.3) is 0 Å². The predicted molar refractivity (Wildman–Crippen MR) is 129 cm³/mol. The summed E-state index contributed by atoms with van der Waals surface area (Å²) in [6.07, 6.45) is 7.45. The van der Waals surface area contributed by atoms with Crippen LogP contribution < -0.4 is 9.13 Å². The van der Waals surface area contributed by atoms with Gasteiger partial charge in [0.05, 0.1) is 24.5 Å². The number of nitrogens with zero attached hydrogens (tertiary/aromatic N) is 4. The molecule has 2 aromatic heterocycles. The van der Waals surface area contributed by atoms with Crippen LogP contribution in [0.4, 0.5) is 34.5 Å². The Balaban J connectivity index is 0. The molecule has 0 aromatic carbocycles. The Hall–Kier alpha value is -2.93. The molecule has 6 nitrogen and oxygen atoms in total. The molecule has 39 heavy (non-hydrogen) atoms. The van der Waals surface area contributed by atoms with Gasteiger partial charge in [-0.2, -0.15) is 9.13 Å². The minimum atomic E-state index is -6.00. The van der Waals surface area contributed by atoms with Gasteiger partial charge in [0.15, 0.2) is 24.8 Å². The summed E-state index contributed by atoms with van der Waals surface area (Å²) < 4.78 is 81.7. The number of aromatic nitrogens is 2. The second-order valence-electron chi connectivity index (χ2n) is 7.71. The standard InChI is InChI=1S/C22H28N4O2.2BF4.Cu/c1-17(21(19(3)27)25-13-7-5-8-14-25)23-11-12-24-18(2)22(20(4)28)26-15-9-6-10-16-26;2*2-1(3,4)5;/h5-10,13-16,21-22H,11-12H2,1-4H3;;;/q+2;2*-1;+2. The number of halogens is 8. The Morgan fingerprint density at radius 1 is 0.590 bits per heavy atom. The van der Waals surface area contributed by atoms with Crippen molar-refractivity contribution in [3.05, 3.63) is 61.2 Å². The van der Waals surface area contributed by atoms with Crippen molar-refractivity contribution in [2.24, 2.45) is 9.98 Å². The normalized spacial score (nSPS) is 13.4. The van der Waals surface area contributed by atoms with Crippen molar-refractivity contribution < 1.29 is 70.3 Å². The van der Waals surface area contributed by atoms with E-state index in [4.69, 9.17) is 0 Å². The maximum atomic E-state index is 12.1. The van der Waals surface area contributed by atoms with E-state index in [9.17, 15) is 44.1 Å². The molecule has 0 amide bonds. The van der Waals surface area contributed by atoms with E-state index in [-0.39, 0.29) is 28.6 Å². The van der Waals surface area contributed by atoms with Crippen molar-refractivity contribution in [1.29, 1.82) is 0 Å². The second-order valence-corrected chi connectivity index (χ2v) is 7.71. The first-order valence-corrected chi connectivity index (χ1v) is 11.1. The zero-order valence-electron chi connectivity index (χ0n) is 21.4. The first-order chi connectivity index (χ1) is 17.4. The van der Waals surface area contributed by atoms with Crippen molar-refractivity contribution in [2.45, 2.75) is 39.8 Å². The molecule has 17 heteroatoms. The van der Waals surface area contributed by atoms with Gasteiger partial charge >= 0.3 is 31.6 Å². The Kier molecular flexibility index (Phi) is 18.0. The number of hydrogen-bond acceptors (Lipinski definition) is 4. The molecule has 0 saturated carbocycles. The van der Waals surface area contributed by atoms with E-state index in [0.29, 0.717) is 13.1 Å². The number of ketones is 2. The van der Waals surface area contributed by atoms with E-state index < -0.39 is 26.6 Å². The summed E-state index contributed by atoms with van der Waals surface area (Å²) in [5.41, 5.74) is 1.49. The fourth-order valence-electron chi connectivity index (χ4n) is 3.23. The summed E-state index contributed by atoms with van der Waals surface area (Å²) in [4.78, 5) is 33.3. The fraction of sp³-hybridized carbons (Fsp3) is 0.364. The summed E-state index contributed by atoms with van der Waals surface area (Å²) >= 11 is 0. The average molecular weight is 618 g/mol. The van der Waals surface area contributed by atoms with Crippen molar-refractivity contribution in [3.8, 4) is 0 Å². The van der Waals surface area contributed by atoms with E-state index in [0.717, 1.165) is 11.4 Å². The van der Waals surface area contributed by atoms with Crippen LogP contribution in [-0.2, 0) is 26.7 Å². The van der Waals surface area contributed by atoms with E-state index >= 15 is 0 Å². The number of hydrogen-bond donors (Lipinski definition) is 0. The molecular formula is C22H28B2CuF8N4O2+2. The zero-order chi connectivity index (χ0) is 29.5. The van der Waals surface area contributed by atoms with Crippen LogP contribution in [0.3, 0.4) is 0 Å². The minimum Gasteiger partial charge on any atom is -0.418 e. The Labute approximate surface area is 231 Å². The third-order valence-corrected chi connectivity index (χ3v) is 4.46. The number of aliphatic imine (C=N–C) groups is 2. The van der Waals surface area contributed by atoms with Crippen LogP contribution in [0.15, 0.2) is 71.2 Å². The summed E-state index contributed by atoms with van der Waals surface area (Å²) in [7, 11) is -12.0. The first-order valence-electron chi connectivity index (χ1n) is 11.1. The van der Waals surface area contributed by atoms with Crippen molar-refractivity contribution in [1.82, 2.24) is 0 Å². The molecule has 0 bridgehead atoms. The second kappa shape index (κ2) is 18.4. The summed E-state index contributed by atoms with van der Waals surface area (Å²) in [5.74, 6) is 0.0727. The number of pyridine rings is 2. The molecular weight excluding hydrogens is 589 g/mol. The van der Waals surface area contributed by atoms with Gasteiger partial charge in [-0.25, -0.2) is 0 Å². The van der Waals surface area contributed by atoms with Gasteiger partial charge in [0, 0.05) is 38.1 Å². The van der Waals surface area contributed by atoms with Crippen LogP contribution >= 0.6 is 0 Å². The van der Waals surface area contributed by atoms with Crippen LogP contribution in [-0.4, -0.2) is 50.6 Å². The van der Waals surface area contributed by atoms with Crippen LogP contribution in [0.1, 0.15) is 39.8 Å². The molecule has 0 aliphatic heterocycles. The summed E-state index contributed by atoms with van der Waals surface area (Å²) in [6.45, 7) is 7.79. The Morgan fingerprint density at radius 2 is 0.821 bits per heavy atom. The van der Waals surface area contributed by atoms with Crippen LogP contribution in [0.5, 0.6) is 0 Å². The summed E-state index contributed by atoms with van der Waals surface area (Å²) in [6, 6.07) is 10.6. The number of Topliss-reactive ketones (excluding diaryl/α,β-unsaturated/α-hetero) is 2. The van der Waals surface area contributed by atoms with Crippen molar-refractivity contribution >= 4 is 37.5 Å². The molecule has 0 aliphatic carbocycles. The topological polar surface area (TPSA) is 66.6 Å². The van der Waals surface area contributed by atoms with Gasteiger partial charge < -0.3 is 34.5 Å². The van der Waals surface area contributed by atoms with Gasteiger partial charge in [-0.1, -0.05) is 12.1 Å². The van der Waals surface area contributed by atoms with E-state index in [1.165, 1.54) is 0 Å². The summed E-state index contributed by atoms with van der Waals surface area (Å²) in [5, 5.41) is 0. The minimum absolute atomic E-state index is 0. The molecule has 1 radical (unpaired) electrons. The average Bonchev–Trinajstić information content (AvgIpc) is 2.76. The third kappa shape index (κ3) is 19.7. The molecule has 219 valence electrons. The van der Waals surface area contributed by atoms with Crippen molar-refractivity contribution in [3.63, 3.8) is 0 Å². The molecule has 0 saturated heterocycles. The fourth-order valence-corrected chi connectivity index (χ4v) is 3.23. The maximum absolute atomic E-state index is 12.1. The van der Waals surface area contributed by atoms with Gasteiger partial charge in [-0.3, -0.25) is 19.6 Å². The van der Waals surface area contributed by atoms with E-state index in [2.05, 4.69) is 9.98 Å². The molecule has 2 rings (SSSR count). The van der Waals surface area contributed by atoms with Gasteiger partial charge in [-0.05, 0) is 13.8 Å². The van der Waals surface area contributed by atoms with Crippen LogP contribution in [0.2, 0.25) is 0 Å². The Bertz CT molecular complexity index is 976. The van der Waals surface area contributed by atoms with Crippen LogP contribution in [0, 0.1) is 0 Å². The molecule has 0 aliphatic rings. The van der Waals surface area contributed by atoms with E-state index in [1.54, 1.807) is 13.8 Å². The largest absolute Gasteiger partial charge is 2.00 e. The first kappa shape index (κ1) is 38.2. The van der Waals surface area contributed by atoms with Gasteiger partial charge in [0.1, 0.15) is 0 Å². The quantitative estimate of drug-likeness (QED) is 0.134. The maximum Gasteiger partial charge on any atom is 2.00 e. The smallest absolute Gasteiger partial charge is 0.418 e. The number of carbonyl (C=O) groups excluding carboxylic acids is 2. The van der Waals surface area contributed by atoms with E-state index in [1.807, 2.05) is 84.2 Å². The molecule has 2 unspecified atom stereocenters. The Morgan fingerprint density at radius 3 is 1.03 bits per heavy atom. The third-order valence-electron chi connectivity index (χ3n) is 4.46. The molecule has 0 fully saturated rings. The monoisotopic (exact) mass is 617 g/mol. The predicted octanol–water partition coefficient (Wildman–Crippen LogP) is 4.74. The van der Waals surface area contributed by atoms with Crippen molar-refractivity contribution in [2.75, 3.05) is 13.1 Å². The number of rotatable bonds is 9. The zero-order valence-corrected chi connectivity index (χ0v) is 22.4. The van der Waals surface area contributed by atoms with Gasteiger partial charge in [0.2, 0.25) is 11.6 Å². The number of carbonyl (C=O) groups is 2. The van der Waals surface area contributed by atoms with Gasteiger partial charge in [0.25, 0.3) is 12.1 Å². The molecule has 2 aromatic rings. The van der Waals surface area contributed by atoms with Gasteiger partial charge in [-0.15, -0.1) is 0 Å². The molecule has 0 spiro atoms. The molecule has 2 heterocycles. The molecule has 0 N–H and O–H groups in total. The molecule has 2 atom stereocenters. The SMILES string of the molecule is CC(=O)C(C(C)=NCCN=C(C)C(C(C)=O)[n+]1ccccc1)[n+]1ccccc1.F[B-](F)(F)F.F[B-](F)(F)F.[Cu+2].